The molecule has 134 valence electrons. The molecule has 0 saturated carbocycles. The molecule has 1 heterocycles. The summed E-state index contributed by atoms with van der Waals surface area (Å²) in [7, 11) is 1.74. The second kappa shape index (κ2) is 8.91. The second-order valence-electron chi connectivity index (χ2n) is 6.85. The molecule has 1 unspecified atom stereocenters. The lowest BCUT2D eigenvalue weighted by Crippen LogP contribution is -2.53. The van der Waals surface area contributed by atoms with Gasteiger partial charge in [-0.05, 0) is 43.5 Å². The molecule has 1 saturated heterocycles. The van der Waals surface area contributed by atoms with Crippen LogP contribution in [0.5, 0.6) is 5.75 Å². The maximum atomic E-state index is 5.39. The Morgan fingerprint density at radius 1 is 1.04 bits per heavy atom. The molecule has 0 spiro atoms. The zero-order valence-corrected chi connectivity index (χ0v) is 15.5. The summed E-state index contributed by atoms with van der Waals surface area (Å²) < 4.78 is 5.39. The minimum absolute atomic E-state index is 0.581. The van der Waals surface area contributed by atoms with Crippen molar-refractivity contribution in [2.75, 3.05) is 38.2 Å². The third-order valence-corrected chi connectivity index (χ3v) is 5.21. The fraction of sp³-hybridized carbons (Fsp3) is 0.455. The molecular formula is C22H30N2O. The highest BCUT2D eigenvalue weighted by Crippen LogP contribution is 2.26. The quantitative estimate of drug-likeness (QED) is 0.751. The average Bonchev–Trinajstić information content (AvgIpc) is 2.68. The molecule has 1 atom stereocenters. The summed E-state index contributed by atoms with van der Waals surface area (Å²) in [6.07, 6.45) is 3.58. The van der Waals surface area contributed by atoms with E-state index in [-0.39, 0.29) is 0 Å². The van der Waals surface area contributed by atoms with Gasteiger partial charge < -0.3 is 9.64 Å². The fourth-order valence-corrected chi connectivity index (χ4v) is 3.75. The van der Waals surface area contributed by atoms with Gasteiger partial charge in [0.2, 0.25) is 0 Å². The monoisotopic (exact) mass is 338 g/mol. The normalized spacial score (nSPS) is 18.3. The standard InChI is InChI=1S/C22H30N2O/c1-3-20-18-23(14-8-11-19-9-5-4-6-10-19)15-16-24(20)21-12-7-13-22(17-21)25-2/h4-7,9-10,12-13,17,20H,3,8,11,14-16,18H2,1-2H3. The van der Waals surface area contributed by atoms with E-state index in [1.165, 1.54) is 37.1 Å². The van der Waals surface area contributed by atoms with Crippen LogP contribution in [0, 0.1) is 0 Å². The molecular weight excluding hydrogens is 308 g/mol. The molecule has 1 fully saturated rings. The average molecular weight is 338 g/mol. The minimum atomic E-state index is 0.581. The number of nitrogens with zero attached hydrogens (tertiary/aromatic N) is 2. The smallest absolute Gasteiger partial charge is 0.120 e. The summed E-state index contributed by atoms with van der Waals surface area (Å²) in [6, 6.07) is 19.9. The molecule has 0 aromatic heterocycles. The molecule has 0 amide bonds. The van der Waals surface area contributed by atoms with Gasteiger partial charge in [-0.1, -0.05) is 43.3 Å². The lowest BCUT2D eigenvalue weighted by Gasteiger charge is -2.42. The highest BCUT2D eigenvalue weighted by Gasteiger charge is 2.25. The Kier molecular flexibility index (Phi) is 6.35. The van der Waals surface area contributed by atoms with Crippen LogP contribution in [-0.2, 0) is 6.42 Å². The zero-order chi connectivity index (χ0) is 17.5. The van der Waals surface area contributed by atoms with Crippen molar-refractivity contribution in [2.24, 2.45) is 0 Å². The molecule has 0 radical (unpaired) electrons. The van der Waals surface area contributed by atoms with E-state index < -0.39 is 0 Å². The van der Waals surface area contributed by atoms with Gasteiger partial charge >= 0.3 is 0 Å². The molecule has 3 rings (SSSR count). The van der Waals surface area contributed by atoms with Crippen molar-refractivity contribution >= 4 is 5.69 Å². The van der Waals surface area contributed by atoms with Crippen molar-refractivity contribution < 1.29 is 4.74 Å². The largest absolute Gasteiger partial charge is 0.497 e. The third-order valence-electron chi connectivity index (χ3n) is 5.21. The van der Waals surface area contributed by atoms with Crippen LogP contribution in [0.2, 0.25) is 0 Å². The van der Waals surface area contributed by atoms with Crippen LogP contribution in [0.25, 0.3) is 0 Å². The summed E-state index contributed by atoms with van der Waals surface area (Å²) in [4.78, 5) is 5.18. The topological polar surface area (TPSA) is 15.7 Å². The van der Waals surface area contributed by atoms with Crippen LogP contribution in [0.15, 0.2) is 54.6 Å². The van der Waals surface area contributed by atoms with Gasteiger partial charge in [-0.2, -0.15) is 0 Å². The minimum Gasteiger partial charge on any atom is -0.497 e. The van der Waals surface area contributed by atoms with Crippen molar-refractivity contribution in [3.05, 3.63) is 60.2 Å². The van der Waals surface area contributed by atoms with E-state index in [1.807, 2.05) is 6.07 Å². The van der Waals surface area contributed by atoms with Gasteiger partial charge in [-0.25, -0.2) is 0 Å². The number of aryl methyl sites for hydroxylation is 1. The van der Waals surface area contributed by atoms with Crippen molar-refractivity contribution in [3.8, 4) is 5.75 Å². The summed E-state index contributed by atoms with van der Waals surface area (Å²) in [5.41, 5.74) is 2.74. The van der Waals surface area contributed by atoms with Crippen LogP contribution >= 0.6 is 0 Å². The van der Waals surface area contributed by atoms with Gasteiger partial charge in [0.25, 0.3) is 0 Å². The number of hydrogen-bond acceptors (Lipinski definition) is 3. The SMILES string of the molecule is CCC1CN(CCCc2ccccc2)CCN1c1cccc(OC)c1. The maximum Gasteiger partial charge on any atom is 0.120 e. The summed E-state index contributed by atoms with van der Waals surface area (Å²) >= 11 is 0. The Labute approximate surface area is 152 Å². The van der Waals surface area contributed by atoms with Gasteiger partial charge in [0.15, 0.2) is 0 Å². The Morgan fingerprint density at radius 2 is 1.88 bits per heavy atom. The first-order valence-corrected chi connectivity index (χ1v) is 9.47. The molecule has 3 nitrogen and oxygen atoms in total. The van der Waals surface area contributed by atoms with Crippen LogP contribution in [0.1, 0.15) is 25.3 Å². The van der Waals surface area contributed by atoms with E-state index in [1.54, 1.807) is 7.11 Å². The van der Waals surface area contributed by atoms with E-state index in [0.29, 0.717) is 6.04 Å². The summed E-state index contributed by atoms with van der Waals surface area (Å²) in [6.45, 7) is 6.88. The van der Waals surface area contributed by atoms with Crippen molar-refractivity contribution in [1.29, 1.82) is 0 Å². The van der Waals surface area contributed by atoms with E-state index >= 15 is 0 Å². The predicted molar refractivity (Wildman–Crippen MR) is 106 cm³/mol. The first kappa shape index (κ1) is 17.8. The molecule has 0 aliphatic carbocycles. The first-order chi connectivity index (χ1) is 12.3. The summed E-state index contributed by atoms with van der Waals surface area (Å²) in [5, 5.41) is 0. The van der Waals surface area contributed by atoms with E-state index in [9.17, 15) is 0 Å². The number of piperazine rings is 1. The predicted octanol–water partition coefficient (Wildman–Crippen LogP) is 4.23. The highest BCUT2D eigenvalue weighted by molar-refractivity contribution is 5.52. The fourth-order valence-electron chi connectivity index (χ4n) is 3.75. The molecule has 1 aliphatic rings. The van der Waals surface area contributed by atoms with E-state index in [2.05, 4.69) is 65.3 Å². The van der Waals surface area contributed by atoms with Gasteiger partial charge in [0, 0.05) is 37.4 Å². The number of rotatable bonds is 7. The third kappa shape index (κ3) is 4.76. The zero-order valence-electron chi connectivity index (χ0n) is 15.5. The molecule has 0 bridgehead atoms. The summed E-state index contributed by atoms with van der Waals surface area (Å²) in [5.74, 6) is 0.942. The van der Waals surface area contributed by atoms with E-state index in [4.69, 9.17) is 4.74 Å². The number of benzene rings is 2. The number of methoxy groups -OCH3 is 1. The Hall–Kier alpha value is -2.00. The molecule has 0 N–H and O–H groups in total. The number of hydrogen-bond donors (Lipinski definition) is 0. The van der Waals surface area contributed by atoms with Crippen LogP contribution in [0.4, 0.5) is 5.69 Å². The van der Waals surface area contributed by atoms with E-state index in [0.717, 1.165) is 25.4 Å². The molecule has 1 aliphatic heterocycles. The Morgan fingerprint density at radius 3 is 2.64 bits per heavy atom. The number of anilines is 1. The van der Waals surface area contributed by atoms with Gasteiger partial charge in [-0.15, -0.1) is 0 Å². The number of ether oxygens (including phenoxy) is 1. The Balaban J connectivity index is 1.54. The Bertz CT molecular complexity index is 643. The van der Waals surface area contributed by atoms with Crippen molar-refractivity contribution in [3.63, 3.8) is 0 Å². The van der Waals surface area contributed by atoms with Crippen molar-refractivity contribution in [1.82, 2.24) is 4.90 Å². The van der Waals surface area contributed by atoms with Crippen LogP contribution < -0.4 is 9.64 Å². The van der Waals surface area contributed by atoms with Crippen LogP contribution in [-0.4, -0.2) is 44.2 Å². The molecule has 25 heavy (non-hydrogen) atoms. The van der Waals surface area contributed by atoms with Gasteiger partial charge in [-0.3, -0.25) is 4.90 Å². The van der Waals surface area contributed by atoms with Crippen molar-refractivity contribution in [2.45, 2.75) is 32.2 Å². The second-order valence-corrected chi connectivity index (χ2v) is 6.85. The first-order valence-electron chi connectivity index (χ1n) is 9.47. The van der Waals surface area contributed by atoms with Gasteiger partial charge in [0.1, 0.15) is 5.75 Å². The van der Waals surface area contributed by atoms with Crippen LogP contribution in [0.3, 0.4) is 0 Å². The lowest BCUT2D eigenvalue weighted by molar-refractivity contribution is 0.217. The van der Waals surface area contributed by atoms with Gasteiger partial charge in [0.05, 0.1) is 7.11 Å². The molecule has 2 aromatic rings. The molecule has 3 heteroatoms. The lowest BCUT2D eigenvalue weighted by atomic mass is 10.1. The molecule has 2 aromatic carbocycles. The highest BCUT2D eigenvalue weighted by atomic mass is 16.5. The maximum absolute atomic E-state index is 5.39.